The summed E-state index contributed by atoms with van der Waals surface area (Å²) < 4.78 is 0. The van der Waals surface area contributed by atoms with Crippen LogP contribution in [0.3, 0.4) is 0 Å². The lowest BCUT2D eigenvalue weighted by Crippen LogP contribution is -2.70. The summed E-state index contributed by atoms with van der Waals surface area (Å²) in [7, 11) is 7.10. The van der Waals surface area contributed by atoms with Gasteiger partial charge in [-0.25, -0.2) is 0 Å². The molecular weight excluding hydrogens is 180 g/mol. The summed E-state index contributed by atoms with van der Waals surface area (Å²) in [5.41, 5.74) is 0. The van der Waals surface area contributed by atoms with Crippen molar-refractivity contribution in [2.75, 3.05) is 27.7 Å². The Morgan fingerprint density at radius 1 is 1.31 bits per heavy atom. The van der Waals surface area contributed by atoms with E-state index in [-0.39, 0.29) is 5.79 Å². The fourth-order valence-corrected chi connectivity index (χ4v) is 1.99. The van der Waals surface area contributed by atoms with Crippen LogP contribution in [-0.4, -0.2) is 54.8 Å². The van der Waals surface area contributed by atoms with Gasteiger partial charge in [-0.2, -0.15) is 0 Å². The van der Waals surface area contributed by atoms with Crippen molar-refractivity contribution in [3.05, 3.63) is 0 Å². The first-order chi connectivity index (χ1) is 6.04. The predicted octanol–water partition coefficient (Wildman–Crippen LogP) is -1.71. The van der Waals surface area contributed by atoms with Crippen LogP contribution in [0.4, 0.5) is 0 Å². The van der Waals surface area contributed by atoms with Crippen molar-refractivity contribution in [3.8, 4) is 0 Å². The van der Waals surface area contributed by atoms with Gasteiger partial charge in [-0.1, -0.05) is 0 Å². The van der Waals surface area contributed by atoms with E-state index in [0.29, 0.717) is 6.04 Å². The minimum Gasteiger partial charge on any atom is -0.341 e. The number of rotatable bonds is 6. The van der Waals surface area contributed by atoms with Crippen molar-refractivity contribution in [2.24, 2.45) is 0 Å². The smallest absolute Gasteiger partial charge is 0.137 e. The second-order valence-electron chi connectivity index (χ2n) is 3.60. The molecule has 0 bridgehead atoms. The monoisotopic (exact) mass is 204 g/mol. The molecule has 0 aliphatic rings. The van der Waals surface area contributed by atoms with Gasteiger partial charge >= 0.3 is 0 Å². The highest BCUT2D eigenvalue weighted by Gasteiger charge is 2.31. The Morgan fingerprint density at radius 2 is 1.77 bits per heavy atom. The first-order valence-corrected chi connectivity index (χ1v) is 5.79. The number of hydrogen-bond donors (Lipinski definition) is 3. The first-order valence-electron chi connectivity index (χ1n) is 4.79. The van der Waals surface area contributed by atoms with E-state index in [9.17, 15) is 0 Å². The summed E-state index contributed by atoms with van der Waals surface area (Å²) in [6, 6.07) is 0.509. The fourth-order valence-electron chi connectivity index (χ4n) is 1.48. The number of nitrogens with one attached hydrogen (secondary N) is 3. The van der Waals surface area contributed by atoms with Crippen LogP contribution in [0.5, 0.6) is 0 Å². The Labute approximate surface area is 85.0 Å². The number of nitrogens with zero attached hydrogens (tertiary/aromatic N) is 1. The summed E-state index contributed by atoms with van der Waals surface area (Å²) in [6.07, 6.45) is 0. The fraction of sp³-hybridized carbons (Fsp3) is 1.00. The molecule has 0 aromatic rings. The zero-order valence-corrected chi connectivity index (χ0v) is 11.7. The first kappa shape index (κ1) is 13.1. The zero-order chi connectivity index (χ0) is 10.5. The highest BCUT2D eigenvalue weighted by Crippen LogP contribution is 2.08. The maximum atomic E-state index is 3.32. The predicted molar refractivity (Wildman–Crippen MR) is 61.7 cm³/mol. The van der Waals surface area contributed by atoms with Crippen LogP contribution in [0, 0.1) is 0 Å². The minimum absolute atomic E-state index is 0.129. The average Bonchev–Trinajstić information content (AvgIpc) is 2.13. The van der Waals surface area contributed by atoms with Crippen molar-refractivity contribution >= 4 is 10.4 Å². The lowest BCUT2D eigenvalue weighted by atomic mass is 10.2. The van der Waals surface area contributed by atoms with E-state index in [1.54, 1.807) is 0 Å². The van der Waals surface area contributed by atoms with Gasteiger partial charge < -0.3 is 4.98 Å². The Kier molecular flexibility index (Phi) is 5.74. The highest BCUT2D eigenvalue weighted by atomic mass is 28.2. The molecule has 3 N–H and O–H groups in total. The average molecular weight is 204 g/mol. The molecule has 0 saturated carbocycles. The molecule has 0 aromatic heterocycles. The summed E-state index contributed by atoms with van der Waals surface area (Å²) >= 11 is 0. The molecular formula is C8H24N4Si. The van der Waals surface area contributed by atoms with Crippen LogP contribution in [0.1, 0.15) is 13.8 Å². The van der Waals surface area contributed by atoms with Gasteiger partial charge in [-0.05, 0) is 35.0 Å². The molecule has 5 heteroatoms. The van der Waals surface area contributed by atoms with Gasteiger partial charge in [0.15, 0.2) is 0 Å². The highest BCUT2D eigenvalue weighted by molar-refractivity contribution is 6.04. The third-order valence-electron chi connectivity index (χ3n) is 2.64. The lowest BCUT2D eigenvalue weighted by Gasteiger charge is -2.43. The van der Waals surface area contributed by atoms with Gasteiger partial charge in [0.1, 0.15) is 5.79 Å². The minimum atomic E-state index is -0.129. The Balaban J connectivity index is 4.53. The molecule has 0 spiro atoms. The Hall–Kier alpha value is 0.0569. The van der Waals surface area contributed by atoms with Crippen molar-refractivity contribution < 1.29 is 0 Å². The Morgan fingerprint density at radius 3 is 2.00 bits per heavy atom. The van der Waals surface area contributed by atoms with Gasteiger partial charge in [0, 0.05) is 12.6 Å². The molecule has 0 aliphatic carbocycles. The van der Waals surface area contributed by atoms with E-state index < -0.39 is 0 Å². The summed E-state index contributed by atoms with van der Waals surface area (Å²) in [6.45, 7) is 5.30. The molecule has 0 heterocycles. The van der Waals surface area contributed by atoms with Gasteiger partial charge in [-0.15, -0.1) is 0 Å². The van der Waals surface area contributed by atoms with Crippen molar-refractivity contribution in [1.29, 1.82) is 0 Å². The normalized spacial score (nSPS) is 13.2. The molecule has 13 heavy (non-hydrogen) atoms. The quantitative estimate of drug-likeness (QED) is 0.356. The maximum Gasteiger partial charge on any atom is 0.137 e. The molecule has 0 fully saturated rings. The van der Waals surface area contributed by atoms with E-state index in [1.807, 2.05) is 14.1 Å². The third-order valence-corrected chi connectivity index (χ3v) is 2.99. The SMILES string of the molecule is CNC(CN[SiH3])(NC)N(C)C(C)C. The van der Waals surface area contributed by atoms with Gasteiger partial charge in [-0.3, -0.25) is 15.5 Å². The number of hydrogen-bond acceptors (Lipinski definition) is 4. The molecule has 0 aliphatic heterocycles. The Bertz CT molecular complexity index is 136. The lowest BCUT2D eigenvalue weighted by molar-refractivity contribution is 0.0388. The standard InChI is InChI=1S/C8H24N4Si/c1-7(2)12(5)8(9-3,10-4)6-11-13/h7,9-11H,6H2,1-5,13H3. The van der Waals surface area contributed by atoms with E-state index in [2.05, 4.69) is 41.4 Å². The molecule has 0 unspecified atom stereocenters. The summed E-state index contributed by atoms with van der Waals surface area (Å²) in [4.78, 5) is 5.61. The van der Waals surface area contributed by atoms with Gasteiger partial charge in [0.2, 0.25) is 0 Å². The van der Waals surface area contributed by atoms with E-state index in [4.69, 9.17) is 0 Å². The van der Waals surface area contributed by atoms with Crippen molar-refractivity contribution in [1.82, 2.24) is 20.5 Å². The van der Waals surface area contributed by atoms with E-state index in [0.717, 1.165) is 16.9 Å². The summed E-state index contributed by atoms with van der Waals surface area (Å²) in [5.74, 6) is -0.129. The topological polar surface area (TPSA) is 39.3 Å². The molecule has 0 radical (unpaired) electrons. The molecule has 0 amide bonds. The van der Waals surface area contributed by atoms with Crippen LogP contribution >= 0.6 is 0 Å². The molecule has 0 aromatic carbocycles. The van der Waals surface area contributed by atoms with Crippen molar-refractivity contribution in [3.63, 3.8) is 0 Å². The van der Waals surface area contributed by atoms with E-state index in [1.165, 1.54) is 0 Å². The molecule has 0 atom stereocenters. The van der Waals surface area contributed by atoms with Crippen LogP contribution in [0.15, 0.2) is 0 Å². The second-order valence-corrected chi connectivity index (χ2v) is 4.30. The van der Waals surface area contributed by atoms with Gasteiger partial charge in [0.05, 0.1) is 10.4 Å². The van der Waals surface area contributed by atoms with Crippen molar-refractivity contribution in [2.45, 2.75) is 25.7 Å². The zero-order valence-electron chi connectivity index (χ0n) is 9.73. The molecule has 80 valence electrons. The van der Waals surface area contributed by atoms with Crippen LogP contribution in [0.2, 0.25) is 0 Å². The molecule has 4 nitrogen and oxygen atoms in total. The maximum absolute atomic E-state index is 3.32. The second kappa shape index (κ2) is 5.72. The largest absolute Gasteiger partial charge is 0.341 e. The van der Waals surface area contributed by atoms with E-state index >= 15 is 0 Å². The summed E-state index contributed by atoms with van der Waals surface area (Å²) in [5, 5.41) is 6.64. The van der Waals surface area contributed by atoms with Crippen LogP contribution < -0.4 is 15.6 Å². The number of likely N-dealkylation sites (N-methyl/N-ethyl adjacent to an activating group) is 3. The van der Waals surface area contributed by atoms with Gasteiger partial charge in [0.25, 0.3) is 0 Å². The molecule has 0 rings (SSSR count). The molecule has 0 saturated heterocycles. The van der Waals surface area contributed by atoms with Crippen LogP contribution in [0.25, 0.3) is 0 Å². The third kappa shape index (κ3) is 3.03. The van der Waals surface area contributed by atoms with Crippen LogP contribution in [-0.2, 0) is 0 Å².